The van der Waals surface area contributed by atoms with E-state index in [1.165, 1.54) is 0 Å². The SMILES string of the molecule is CCCC(O)CCC1C(O)CC2/C(=N\OCC(=O)O)CC21. The maximum absolute atomic E-state index is 10.4. The quantitative estimate of drug-likeness (QED) is 0.588. The summed E-state index contributed by atoms with van der Waals surface area (Å²) in [6.45, 7) is 1.63. The van der Waals surface area contributed by atoms with E-state index in [2.05, 4.69) is 12.1 Å². The summed E-state index contributed by atoms with van der Waals surface area (Å²) in [6, 6.07) is 0. The predicted molar refractivity (Wildman–Crippen MR) is 76.9 cm³/mol. The van der Waals surface area contributed by atoms with Crippen molar-refractivity contribution in [1.82, 2.24) is 0 Å². The Balaban J connectivity index is 1.79. The lowest BCUT2D eigenvalue weighted by Crippen LogP contribution is -2.37. The zero-order chi connectivity index (χ0) is 15.4. The molecule has 2 aliphatic carbocycles. The second-order valence-electron chi connectivity index (χ2n) is 6.21. The summed E-state index contributed by atoms with van der Waals surface area (Å²) in [5.41, 5.74) is 0.872. The molecule has 5 unspecified atom stereocenters. The number of fused-ring (bicyclic) bond motifs is 1. The number of carboxylic acid groups (broad SMARTS) is 1. The Morgan fingerprint density at radius 1 is 1.48 bits per heavy atom. The molecule has 5 atom stereocenters. The summed E-state index contributed by atoms with van der Waals surface area (Å²) in [5, 5.41) is 32.4. The lowest BCUT2D eigenvalue weighted by Gasteiger charge is -2.35. The standard InChI is InChI=1S/C15H25NO5/c1-2-3-9(17)4-5-10-11-6-13(12(11)7-14(10)18)16-21-8-15(19)20/h9-12,14,17-18H,2-8H2,1H3,(H,19,20)/b16-13-. The van der Waals surface area contributed by atoms with Gasteiger partial charge in [-0.05, 0) is 43.9 Å². The van der Waals surface area contributed by atoms with Gasteiger partial charge in [0.15, 0.2) is 0 Å². The maximum Gasteiger partial charge on any atom is 0.344 e. The molecule has 3 N–H and O–H groups in total. The molecule has 0 aromatic rings. The smallest absolute Gasteiger partial charge is 0.344 e. The summed E-state index contributed by atoms with van der Waals surface area (Å²) < 4.78 is 0. The van der Waals surface area contributed by atoms with Gasteiger partial charge >= 0.3 is 5.97 Å². The Morgan fingerprint density at radius 3 is 2.90 bits per heavy atom. The van der Waals surface area contributed by atoms with Gasteiger partial charge in [-0.1, -0.05) is 18.5 Å². The first-order valence-electron chi connectivity index (χ1n) is 7.79. The van der Waals surface area contributed by atoms with Crippen LogP contribution < -0.4 is 0 Å². The van der Waals surface area contributed by atoms with E-state index in [1.807, 2.05) is 0 Å². The topological polar surface area (TPSA) is 99.4 Å². The molecule has 0 bridgehead atoms. The molecule has 2 rings (SSSR count). The molecule has 0 aliphatic heterocycles. The third kappa shape index (κ3) is 3.95. The van der Waals surface area contributed by atoms with Crippen LogP contribution in [-0.2, 0) is 9.63 Å². The molecule has 0 amide bonds. The van der Waals surface area contributed by atoms with Crippen molar-refractivity contribution in [2.75, 3.05) is 6.61 Å². The van der Waals surface area contributed by atoms with Gasteiger partial charge in [-0.2, -0.15) is 0 Å². The Bertz CT molecular complexity index is 398. The number of rotatable bonds is 8. The molecule has 6 nitrogen and oxygen atoms in total. The highest BCUT2D eigenvalue weighted by Gasteiger charge is 2.51. The predicted octanol–water partition coefficient (Wildman–Crippen LogP) is 1.40. The first kappa shape index (κ1) is 16.2. The van der Waals surface area contributed by atoms with Crippen LogP contribution in [0.25, 0.3) is 0 Å². The molecular formula is C15H25NO5. The number of carboxylic acids is 1. The van der Waals surface area contributed by atoms with Crippen molar-refractivity contribution in [3.63, 3.8) is 0 Å². The minimum atomic E-state index is -1.04. The number of carbonyl (C=O) groups is 1. The zero-order valence-electron chi connectivity index (χ0n) is 12.4. The first-order chi connectivity index (χ1) is 10.0. The summed E-state index contributed by atoms with van der Waals surface area (Å²) >= 11 is 0. The van der Waals surface area contributed by atoms with Gasteiger partial charge in [-0.15, -0.1) is 0 Å². The van der Waals surface area contributed by atoms with E-state index in [0.717, 1.165) is 37.8 Å². The highest BCUT2D eigenvalue weighted by atomic mass is 16.6. The van der Waals surface area contributed by atoms with E-state index in [9.17, 15) is 15.0 Å². The molecule has 0 aromatic heterocycles. The molecule has 6 heteroatoms. The van der Waals surface area contributed by atoms with E-state index < -0.39 is 12.6 Å². The monoisotopic (exact) mass is 299 g/mol. The first-order valence-corrected chi connectivity index (χ1v) is 7.79. The van der Waals surface area contributed by atoms with Gasteiger partial charge in [0.05, 0.1) is 17.9 Å². The molecule has 0 saturated heterocycles. The lowest BCUT2D eigenvalue weighted by atomic mass is 9.70. The van der Waals surface area contributed by atoms with E-state index in [0.29, 0.717) is 12.3 Å². The van der Waals surface area contributed by atoms with Crippen molar-refractivity contribution in [3.05, 3.63) is 0 Å². The number of aliphatic hydroxyl groups excluding tert-OH is 2. The number of hydrogen-bond donors (Lipinski definition) is 3. The lowest BCUT2D eigenvalue weighted by molar-refractivity contribution is -0.142. The number of aliphatic carboxylic acids is 1. The molecule has 120 valence electrons. The second-order valence-corrected chi connectivity index (χ2v) is 6.21. The van der Waals surface area contributed by atoms with Crippen molar-refractivity contribution in [2.24, 2.45) is 22.9 Å². The number of nitrogens with zero attached hydrogens (tertiary/aromatic N) is 1. The third-order valence-electron chi connectivity index (χ3n) is 4.75. The van der Waals surface area contributed by atoms with E-state index in [1.54, 1.807) is 0 Å². The van der Waals surface area contributed by atoms with E-state index in [-0.39, 0.29) is 24.0 Å². The van der Waals surface area contributed by atoms with Crippen LogP contribution in [0.1, 0.15) is 45.4 Å². The summed E-state index contributed by atoms with van der Waals surface area (Å²) in [7, 11) is 0. The van der Waals surface area contributed by atoms with Crippen LogP contribution in [0, 0.1) is 17.8 Å². The average Bonchev–Trinajstić information content (AvgIpc) is 2.65. The molecule has 2 aliphatic rings. The number of oxime groups is 1. The van der Waals surface area contributed by atoms with Crippen molar-refractivity contribution >= 4 is 11.7 Å². The van der Waals surface area contributed by atoms with Gasteiger partial charge in [-0.25, -0.2) is 4.79 Å². The van der Waals surface area contributed by atoms with Gasteiger partial charge in [0.25, 0.3) is 0 Å². The Labute approximate surface area is 124 Å². The fraction of sp³-hybridized carbons (Fsp3) is 0.867. The van der Waals surface area contributed by atoms with Gasteiger partial charge in [0.1, 0.15) is 0 Å². The number of hydrogen-bond acceptors (Lipinski definition) is 5. The Kier molecular flexibility index (Phi) is 5.58. The van der Waals surface area contributed by atoms with Crippen molar-refractivity contribution in [1.29, 1.82) is 0 Å². The summed E-state index contributed by atoms with van der Waals surface area (Å²) in [6.07, 6.45) is 4.19. The van der Waals surface area contributed by atoms with Crippen molar-refractivity contribution in [3.8, 4) is 0 Å². The molecule has 0 heterocycles. The van der Waals surface area contributed by atoms with E-state index in [4.69, 9.17) is 9.94 Å². The third-order valence-corrected chi connectivity index (χ3v) is 4.75. The molecule has 0 aromatic carbocycles. The maximum atomic E-state index is 10.4. The van der Waals surface area contributed by atoms with Crippen LogP contribution in [0.5, 0.6) is 0 Å². The summed E-state index contributed by atoms with van der Waals surface area (Å²) in [4.78, 5) is 15.1. The van der Waals surface area contributed by atoms with Gasteiger partial charge in [0, 0.05) is 5.92 Å². The fourth-order valence-corrected chi connectivity index (χ4v) is 3.65. The van der Waals surface area contributed by atoms with Crippen LogP contribution in [0.2, 0.25) is 0 Å². The molecule has 0 spiro atoms. The molecule has 2 saturated carbocycles. The fourth-order valence-electron chi connectivity index (χ4n) is 3.65. The van der Waals surface area contributed by atoms with Crippen LogP contribution >= 0.6 is 0 Å². The highest BCUT2D eigenvalue weighted by Crippen LogP contribution is 2.50. The van der Waals surface area contributed by atoms with Crippen LogP contribution in [0.15, 0.2) is 5.16 Å². The minimum Gasteiger partial charge on any atom is -0.479 e. The minimum absolute atomic E-state index is 0.222. The second kappa shape index (κ2) is 7.22. The summed E-state index contributed by atoms with van der Waals surface area (Å²) in [5.74, 6) is -0.187. The largest absolute Gasteiger partial charge is 0.479 e. The Morgan fingerprint density at radius 2 is 2.24 bits per heavy atom. The zero-order valence-corrected chi connectivity index (χ0v) is 12.4. The van der Waals surface area contributed by atoms with Crippen LogP contribution in [0.4, 0.5) is 0 Å². The van der Waals surface area contributed by atoms with Crippen LogP contribution in [0.3, 0.4) is 0 Å². The average molecular weight is 299 g/mol. The van der Waals surface area contributed by atoms with Gasteiger partial charge in [-0.3, -0.25) is 0 Å². The van der Waals surface area contributed by atoms with Gasteiger partial charge in [0.2, 0.25) is 6.61 Å². The highest BCUT2D eigenvalue weighted by molar-refractivity contribution is 5.93. The molecule has 2 fully saturated rings. The van der Waals surface area contributed by atoms with Crippen molar-refractivity contribution < 1.29 is 25.0 Å². The Hall–Kier alpha value is -1.14. The molecule has 21 heavy (non-hydrogen) atoms. The van der Waals surface area contributed by atoms with Crippen molar-refractivity contribution in [2.45, 2.75) is 57.7 Å². The van der Waals surface area contributed by atoms with Gasteiger partial charge < -0.3 is 20.2 Å². The van der Waals surface area contributed by atoms with Crippen LogP contribution in [-0.4, -0.2) is 45.8 Å². The normalized spacial score (nSPS) is 34.3. The number of aliphatic hydroxyl groups is 2. The molecule has 0 radical (unpaired) electrons. The van der Waals surface area contributed by atoms with E-state index >= 15 is 0 Å². The molecular weight excluding hydrogens is 274 g/mol.